The molecular weight excluding hydrogens is 196 g/mol. The summed E-state index contributed by atoms with van der Waals surface area (Å²) in [7, 11) is 1.59. The molecule has 0 aromatic heterocycles. The molecule has 0 rings (SSSR count). The van der Waals surface area contributed by atoms with Gasteiger partial charge in [0, 0.05) is 0 Å². The van der Waals surface area contributed by atoms with Crippen molar-refractivity contribution in [2.45, 2.75) is 0 Å². The lowest BCUT2D eigenvalue weighted by atomic mass is 10.3. The number of carboxylic acids is 1. The first kappa shape index (κ1) is 15.2. The molecule has 0 unspecified atom stereocenters. The van der Waals surface area contributed by atoms with Crippen molar-refractivity contribution in [2.24, 2.45) is 5.73 Å². The van der Waals surface area contributed by atoms with Gasteiger partial charge in [-0.2, -0.15) is 10.5 Å². The molecule has 6 nitrogen and oxygen atoms in total. The molecule has 0 heterocycles. The maximum absolute atomic E-state index is 9.54. The highest BCUT2D eigenvalue weighted by Crippen LogP contribution is 1.87. The van der Waals surface area contributed by atoms with Crippen LogP contribution in [-0.2, 0) is 4.79 Å². The van der Waals surface area contributed by atoms with Crippen LogP contribution in [0.1, 0.15) is 0 Å². The van der Waals surface area contributed by atoms with Crippen LogP contribution < -0.4 is 11.1 Å². The van der Waals surface area contributed by atoms with Crippen molar-refractivity contribution in [3.8, 4) is 12.1 Å². The molecule has 6 heteroatoms. The van der Waals surface area contributed by atoms with Crippen molar-refractivity contribution in [3.05, 3.63) is 23.9 Å². The normalized spacial score (nSPS) is 7.93. The van der Waals surface area contributed by atoms with Crippen LogP contribution in [0.25, 0.3) is 0 Å². The van der Waals surface area contributed by atoms with Crippen LogP contribution in [-0.4, -0.2) is 24.7 Å². The number of nitrogens with two attached hydrogens (primary N) is 1. The first-order chi connectivity index (χ1) is 7.12. The Balaban J connectivity index is 0. The van der Waals surface area contributed by atoms with Crippen LogP contribution >= 0.6 is 0 Å². The minimum atomic E-state index is -0.822. The number of hydrogen-bond acceptors (Lipinski definition) is 5. The number of hydrogen-bond donors (Lipinski definition) is 3. The van der Waals surface area contributed by atoms with Crippen LogP contribution in [0.5, 0.6) is 0 Å². The van der Waals surface area contributed by atoms with E-state index in [0.717, 1.165) is 0 Å². The third-order valence-electron chi connectivity index (χ3n) is 0.943. The Morgan fingerprint density at radius 3 is 2.27 bits per heavy atom. The van der Waals surface area contributed by atoms with E-state index < -0.39 is 5.97 Å². The van der Waals surface area contributed by atoms with Gasteiger partial charge in [0.1, 0.15) is 17.7 Å². The highest BCUT2D eigenvalue weighted by atomic mass is 16.4. The Kier molecular flexibility index (Phi) is 11.8. The molecule has 0 bridgehead atoms. The second-order valence-electron chi connectivity index (χ2n) is 2.11. The van der Waals surface area contributed by atoms with E-state index in [1.165, 1.54) is 18.4 Å². The molecule has 0 aliphatic rings. The minimum Gasteiger partial charge on any atom is -0.480 e. The Bertz CT molecular complexity index is 304. The molecule has 0 amide bonds. The summed E-state index contributed by atoms with van der Waals surface area (Å²) in [6, 6.07) is 3.36. The first-order valence-electron chi connectivity index (χ1n) is 3.87. The van der Waals surface area contributed by atoms with Crippen molar-refractivity contribution in [1.82, 2.24) is 5.32 Å². The summed E-state index contributed by atoms with van der Waals surface area (Å²) in [4.78, 5) is 9.54. The van der Waals surface area contributed by atoms with E-state index in [4.69, 9.17) is 21.4 Å². The predicted molar refractivity (Wildman–Crippen MR) is 54.2 cm³/mol. The van der Waals surface area contributed by atoms with Crippen LogP contribution in [0.2, 0.25) is 0 Å². The van der Waals surface area contributed by atoms with E-state index in [-0.39, 0.29) is 12.1 Å². The van der Waals surface area contributed by atoms with E-state index in [2.05, 4.69) is 5.32 Å². The van der Waals surface area contributed by atoms with Crippen LogP contribution in [0.4, 0.5) is 0 Å². The quantitative estimate of drug-likeness (QED) is 0.433. The van der Waals surface area contributed by atoms with Gasteiger partial charge in [-0.3, -0.25) is 4.79 Å². The van der Waals surface area contributed by atoms with E-state index >= 15 is 0 Å². The molecule has 80 valence electrons. The summed E-state index contributed by atoms with van der Waals surface area (Å²) >= 11 is 0. The van der Waals surface area contributed by atoms with Gasteiger partial charge in [0.2, 0.25) is 0 Å². The van der Waals surface area contributed by atoms with Gasteiger partial charge in [-0.1, -0.05) is 0 Å². The highest BCUT2D eigenvalue weighted by Gasteiger charge is 1.86. The van der Waals surface area contributed by atoms with E-state index in [0.29, 0.717) is 0 Å². The summed E-state index contributed by atoms with van der Waals surface area (Å²) in [5, 5.41) is 26.6. The summed E-state index contributed by atoms with van der Waals surface area (Å²) in [5.74, 6) is -0.822. The minimum absolute atomic E-state index is 0.0417. The number of nitriles is 2. The first-order valence-corrected chi connectivity index (χ1v) is 3.87. The van der Waals surface area contributed by atoms with Crippen LogP contribution in [0.15, 0.2) is 23.9 Å². The predicted octanol–water partition coefficient (Wildman–Crippen LogP) is -0.277. The Labute approximate surface area is 87.9 Å². The highest BCUT2D eigenvalue weighted by molar-refractivity contribution is 5.68. The molecule has 0 aliphatic heterocycles. The molecule has 0 aromatic carbocycles. The lowest BCUT2D eigenvalue weighted by molar-refractivity contribution is -0.135. The number of nitrogens with zero attached hydrogens (tertiary/aromatic N) is 2. The number of nitrogens with one attached hydrogen (secondary N) is 1. The largest absolute Gasteiger partial charge is 0.480 e. The van der Waals surface area contributed by atoms with Gasteiger partial charge in [0.15, 0.2) is 0 Å². The summed E-state index contributed by atoms with van der Waals surface area (Å²) < 4.78 is 0. The summed E-state index contributed by atoms with van der Waals surface area (Å²) in [5.41, 5.74) is 4.99. The lowest BCUT2D eigenvalue weighted by Gasteiger charge is -1.84. The molecule has 15 heavy (non-hydrogen) atoms. The van der Waals surface area contributed by atoms with Crippen molar-refractivity contribution in [1.29, 1.82) is 10.5 Å². The van der Waals surface area contributed by atoms with Gasteiger partial charge >= 0.3 is 5.97 Å². The molecule has 0 saturated heterocycles. The fourth-order valence-corrected chi connectivity index (χ4v) is 0.403. The second-order valence-corrected chi connectivity index (χ2v) is 2.11. The SMILES string of the molecule is CNCC(=O)O.N#CC(C#N)=CC=CN. The molecular formula is C9H12N4O2. The van der Waals surface area contributed by atoms with Gasteiger partial charge in [-0.25, -0.2) is 0 Å². The van der Waals surface area contributed by atoms with Gasteiger partial charge < -0.3 is 16.2 Å². The zero-order valence-corrected chi connectivity index (χ0v) is 8.27. The average molecular weight is 208 g/mol. The number of aliphatic carboxylic acids is 1. The smallest absolute Gasteiger partial charge is 0.317 e. The van der Waals surface area contributed by atoms with Crippen LogP contribution in [0.3, 0.4) is 0 Å². The van der Waals surface area contributed by atoms with Gasteiger partial charge in [0.25, 0.3) is 0 Å². The number of carboxylic acid groups (broad SMARTS) is 1. The third-order valence-corrected chi connectivity index (χ3v) is 0.943. The number of rotatable bonds is 3. The van der Waals surface area contributed by atoms with Crippen molar-refractivity contribution in [2.75, 3.05) is 13.6 Å². The lowest BCUT2D eigenvalue weighted by Crippen LogP contribution is -2.16. The van der Waals surface area contributed by atoms with Gasteiger partial charge in [-0.15, -0.1) is 0 Å². The molecule has 0 saturated carbocycles. The third kappa shape index (κ3) is 14.5. The standard InChI is InChI=1S/C6H5N3.C3H7NO2/c7-3-1-2-6(4-8)5-9;1-4-2-3(5)6/h1-3H,7H2;4H,2H2,1H3,(H,5,6). The second kappa shape index (κ2) is 11.7. The Hall–Kier alpha value is -2.31. The molecule has 4 N–H and O–H groups in total. The zero-order chi connectivity index (χ0) is 12.1. The van der Waals surface area contributed by atoms with E-state index in [9.17, 15) is 4.79 Å². The molecule has 0 radical (unpaired) electrons. The average Bonchev–Trinajstić information content (AvgIpc) is 2.20. The summed E-state index contributed by atoms with van der Waals surface area (Å²) in [6.45, 7) is 0.0417. The molecule has 0 atom stereocenters. The van der Waals surface area contributed by atoms with E-state index in [1.807, 2.05) is 0 Å². The molecule has 0 spiro atoms. The summed E-state index contributed by atoms with van der Waals surface area (Å²) in [6.07, 6.45) is 4.04. The topological polar surface area (TPSA) is 123 Å². The zero-order valence-electron chi connectivity index (χ0n) is 8.27. The van der Waals surface area contributed by atoms with Gasteiger partial charge in [0.05, 0.1) is 6.54 Å². The maximum Gasteiger partial charge on any atom is 0.317 e. The monoisotopic (exact) mass is 208 g/mol. The van der Waals surface area contributed by atoms with E-state index in [1.54, 1.807) is 19.2 Å². The fourth-order valence-electron chi connectivity index (χ4n) is 0.403. The Morgan fingerprint density at radius 2 is 2.07 bits per heavy atom. The van der Waals surface area contributed by atoms with Crippen molar-refractivity contribution < 1.29 is 9.90 Å². The number of allylic oxidation sites excluding steroid dienone is 3. The van der Waals surface area contributed by atoms with Crippen molar-refractivity contribution >= 4 is 5.97 Å². The molecule has 0 aliphatic carbocycles. The maximum atomic E-state index is 9.54. The van der Waals surface area contributed by atoms with Gasteiger partial charge in [-0.05, 0) is 25.4 Å². The number of carbonyl (C=O) groups is 1. The molecule has 0 aromatic rings. The van der Waals surface area contributed by atoms with Crippen molar-refractivity contribution in [3.63, 3.8) is 0 Å². The Morgan fingerprint density at radius 1 is 1.53 bits per heavy atom. The number of likely N-dealkylation sites (N-methyl/N-ethyl adjacent to an activating group) is 1. The van der Waals surface area contributed by atoms with Crippen LogP contribution in [0, 0.1) is 22.7 Å². The fraction of sp³-hybridized carbons (Fsp3) is 0.222. The molecule has 0 fully saturated rings.